The number of nitrogens with two attached hydrogens (primary N) is 1. The third-order valence-electron chi connectivity index (χ3n) is 3.94. The lowest BCUT2D eigenvalue weighted by molar-refractivity contribution is 0.553. The van der Waals surface area contributed by atoms with Gasteiger partial charge in [-0.3, -0.25) is 0 Å². The Morgan fingerprint density at radius 2 is 1.76 bits per heavy atom. The van der Waals surface area contributed by atoms with E-state index in [4.69, 9.17) is 5.73 Å². The molecule has 0 aliphatic heterocycles. The van der Waals surface area contributed by atoms with Crippen LogP contribution < -0.4 is 10.6 Å². The number of nitrogen functional groups attached to an aromatic ring is 1. The van der Waals surface area contributed by atoms with Crippen LogP contribution in [0.4, 0.5) is 11.4 Å². The van der Waals surface area contributed by atoms with Gasteiger partial charge in [0.05, 0.1) is 11.4 Å². The van der Waals surface area contributed by atoms with E-state index >= 15 is 0 Å². The molecule has 1 aliphatic carbocycles. The zero-order valence-electron chi connectivity index (χ0n) is 11.1. The fourth-order valence-corrected chi connectivity index (χ4v) is 2.84. The number of aryl methyl sites for hydroxylation is 1. The summed E-state index contributed by atoms with van der Waals surface area (Å²) in [5, 5.41) is 0. The molecular formula is C15H24N2. The molecule has 2 heteroatoms. The molecule has 1 saturated carbocycles. The summed E-state index contributed by atoms with van der Waals surface area (Å²) in [5.74, 6) is 0. The van der Waals surface area contributed by atoms with E-state index in [0.717, 1.165) is 5.69 Å². The zero-order chi connectivity index (χ0) is 12.3. The Hall–Kier alpha value is -1.18. The lowest BCUT2D eigenvalue weighted by atomic mass is 10.1. The first-order valence-corrected chi connectivity index (χ1v) is 6.77. The van der Waals surface area contributed by atoms with Crippen molar-refractivity contribution in [2.75, 3.05) is 17.7 Å². The molecule has 0 unspecified atom stereocenters. The van der Waals surface area contributed by atoms with E-state index in [2.05, 4.69) is 37.1 Å². The number of hydrogen-bond acceptors (Lipinski definition) is 2. The highest BCUT2D eigenvalue weighted by atomic mass is 15.1. The molecule has 2 N–H and O–H groups in total. The number of hydrogen-bond donors (Lipinski definition) is 1. The van der Waals surface area contributed by atoms with Crippen molar-refractivity contribution in [2.45, 2.75) is 51.5 Å². The van der Waals surface area contributed by atoms with Crippen LogP contribution in [0.15, 0.2) is 18.2 Å². The lowest BCUT2D eigenvalue weighted by Crippen LogP contribution is -2.31. The second-order valence-electron chi connectivity index (χ2n) is 5.32. The first-order chi connectivity index (χ1) is 8.18. The Kier molecular flexibility index (Phi) is 3.93. The summed E-state index contributed by atoms with van der Waals surface area (Å²) >= 11 is 0. The first-order valence-electron chi connectivity index (χ1n) is 6.77. The highest BCUT2D eigenvalue weighted by molar-refractivity contribution is 5.68. The lowest BCUT2D eigenvalue weighted by Gasteiger charge is -2.30. The van der Waals surface area contributed by atoms with Crippen LogP contribution >= 0.6 is 0 Å². The predicted octanol–water partition coefficient (Wildman–Crippen LogP) is 3.74. The largest absolute Gasteiger partial charge is 0.397 e. The Labute approximate surface area is 105 Å². The molecule has 0 spiro atoms. The van der Waals surface area contributed by atoms with Crippen molar-refractivity contribution in [2.24, 2.45) is 0 Å². The summed E-state index contributed by atoms with van der Waals surface area (Å²) < 4.78 is 0. The van der Waals surface area contributed by atoms with Gasteiger partial charge in [-0.25, -0.2) is 0 Å². The van der Waals surface area contributed by atoms with Gasteiger partial charge in [0.25, 0.3) is 0 Å². The third kappa shape index (κ3) is 2.93. The Bertz CT molecular complexity index is 365. The van der Waals surface area contributed by atoms with Crippen LogP contribution in [0.1, 0.15) is 44.1 Å². The second kappa shape index (κ2) is 5.44. The predicted molar refractivity (Wildman–Crippen MR) is 75.5 cm³/mol. The molecule has 1 fully saturated rings. The molecule has 1 aromatic rings. The van der Waals surface area contributed by atoms with Crippen LogP contribution in [0.25, 0.3) is 0 Å². The van der Waals surface area contributed by atoms with Crippen molar-refractivity contribution in [3.8, 4) is 0 Å². The minimum atomic E-state index is 0.669. The number of nitrogens with zero attached hydrogens (tertiary/aromatic N) is 1. The van der Waals surface area contributed by atoms with E-state index in [1.807, 2.05) is 0 Å². The molecule has 0 atom stereocenters. The highest BCUT2D eigenvalue weighted by Gasteiger charge is 2.18. The van der Waals surface area contributed by atoms with Crippen LogP contribution in [0.3, 0.4) is 0 Å². The normalized spacial score (nSPS) is 17.8. The average Bonchev–Trinajstić information content (AvgIpc) is 2.56. The minimum absolute atomic E-state index is 0.669. The van der Waals surface area contributed by atoms with Crippen molar-refractivity contribution in [3.05, 3.63) is 23.8 Å². The quantitative estimate of drug-likeness (QED) is 0.622. The van der Waals surface area contributed by atoms with Crippen LogP contribution in [-0.4, -0.2) is 13.1 Å². The summed E-state index contributed by atoms with van der Waals surface area (Å²) in [7, 11) is 2.19. The SMILES string of the molecule is Cc1ccc(N(C)C2CCCCCC2)c(N)c1. The summed E-state index contributed by atoms with van der Waals surface area (Å²) in [4.78, 5) is 2.39. The standard InChI is InChI=1S/C15H24N2/c1-12-9-10-15(14(16)11-12)17(2)13-7-5-3-4-6-8-13/h9-11,13H,3-8,16H2,1-2H3. The van der Waals surface area contributed by atoms with Gasteiger partial charge in [0.1, 0.15) is 0 Å². The van der Waals surface area contributed by atoms with Crippen LogP contribution in [0, 0.1) is 6.92 Å². The van der Waals surface area contributed by atoms with Gasteiger partial charge in [-0.2, -0.15) is 0 Å². The Balaban J connectivity index is 2.14. The van der Waals surface area contributed by atoms with Gasteiger partial charge in [0, 0.05) is 13.1 Å². The monoisotopic (exact) mass is 232 g/mol. The van der Waals surface area contributed by atoms with Crippen molar-refractivity contribution in [1.29, 1.82) is 0 Å². The van der Waals surface area contributed by atoms with E-state index < -0.39 is 0 Å². The van der Waals surface area contributed by atoms with Crippen molar-refractivity contribution >= 4 is 11.4 Å². The summed E-state index contributed by atoms with van der Waals surface area (Å²) in [6, 6.07) is 7.05. The van der Waals surface area contributed by atoms with Crippen molar-refractivity contribution in [1.82, 2.24) is 0 Å². The molecule has 0 bridgehead atoms. The first kappa shape index (κ1) is 12.3. The van der Waals surface area contributed by atoms with E-state index in [-0.39, 0.29) is 0 Å². The number of rotatable bonds is 2. The van der Waals surface area contributed by atoms with E-state index in [1.165, 1.54) is 49.8 Å². The molecule has 1 aromatic carbocycles. The number of benzene rings is 1. The molecule has 1 aliphatic rings. The smallest absolute Gasteiger partial charge is 0.0600 e. The summed E-state index contributed by atoms with van der Waals surface area (Å²) in [5.41, 5.74) is 9.47. The molecule has 17 heavy (non-hydrogen) atoms. The Morgan fingerprint density at radius 1 is 1.12 bits per heavy atom. The van der Waals surface area contributed by atoms with Gasteiger partial charge in [0.2, 0.25) is 0 Å². The molecule has 0 heterocycles. The molecule has 94 valence electrons. The molecule has 0 radical (unpaired) electrons. The molecule has 0 saturated heterocycles. The minimum Gasteiger partial charge on any atom is -0.397 e. The molecule has 0 amide bonds. The third-order valence-corrected chi connectivity index (χ3v) is 3.94. The van der Waals surface area contributed by atoms with Crippen molar-refractivity contribution in [3.63, 3.8) is 0 Å². The van der Waals surface area contributed by atoms with Gasteiger partial charge >= 0.3 is 0 Å². The molecule has 0 aromatic heterocycles. The van der Waals surface area contributed by atoms with E-state index in [1.54, 1.807) is 0 Å². The van der Waals surface area contributed by atoms with Crippen LogP contribution in [0.2, 0.25) is 0 Å². The fourth-order valence-electron chi connectivity index (χ4n) is 2.84. The van der Waals surface area contributed by atoms with Crippen LogP contribution in [-0.2, 0) is 0 Å². The zero-order valence-corrected chi connectivity index (χ0v) is 11.1. The Morgan fingerprint density at radius 3 is 2.35 bits per heavy atom. The van der Waals surface area contributed by atoms with Gasteiger partial charge in [-0.05, 0) is 37.5 Å². The fraction of sp³-hybridized carbons (Fsp3) is 0.600. The maximum Gasteiger partial charge on any atom is 0.0600 e. The summed E-state index contributed by atoms with van der Waals surface area (Å²) in [6.07, 6.45) is 8.14. The van der Waals surface area contributed by atoms with Crippen LogP contribution in [0.5, 0.6) is 0 Å². The second-order valence-corrected chi connectivity index (χ2v) is 5.32. The maximum atomic E-state index is 6.13. The van der Waals surface area contributed by atoms with Crippen molar-refractivity contribution < 1.29 is 0 Å². The number of anilines is 2. The van der Waals surface area contributed by atoms with E-state index in [0.29, 0.717) is 6.04 Å². The average molecular weight is 232 g/mol. The van der Waals surface area contributed by atoms with Gasteiger partial charge in [-0.1, -0.05) is 31.7 Å². The topological polar surface area (TPSA) is 29.3 Å². The maximum absolute atomic E-state index is 6.13. The highest BCUT2D eigenvalue weighted by Crippen LogP contribution is 2.29. The van der Waals surface area contributed by atoms with Gasteiger partial charge < -0.3 is 10.6 Å². The molecule has 2 rings (SSSR count). The molecule has 2 nitrogen and oxygen atoms in total. The summed E-state index contributed by atoms with van der Waals surface area (Å²) in [6.45, 7) is 2.09. The molecular weight excluding hydrogens is 208 g/mol. The van der Waals surface area contributed by atoms with Gasteiger partial charge in [-0.15, -0.1) is 0 Å². The van der Waals surface area contributed by atoms with E-state index in [9.17, 15) is 0 Å². The van der Waals surface area contributed by atoms with Gasteiger partial charge in [0.15, 0.2) is 0 Å².